The van der Waals surface area contributed by atoms with E-state index < -0.39 is 0 Å². The maximum Gasteiger partial charge on any atom is 0.272 e. The maximum absolute atomic E-state index is 12.4. The van der Waals surface area contributed by atoms with Gasteiger partial charge in [0, 0.05) is 11.5 Å². The number of carbonyl (C=O) groups is 1. The van der Waals surface area contributed by atoms with Crippen LogP contribution < -0.4 is 10.1 Å². The van der Waals surface area contributed by atoms with E-state index >= 15 is 0 Å². The van der Waals surface area contributed by atoms with Crippen LogP contribution in [0.4, 0.5) is 0 Å². The van der Waals surface area contributed by atoms with Crippen molar-refractivity contribution in [2.75, 3.05) is 6.61 Å². The Morgan fingerprint density at radius 1 is 1.24 bits per heavy atom. The third kappa shape index (κ3) is 2.75. The summed E-state index contributed by atoms with van der Waals surface area (Å²) < 4.78 is 6.93. The predicted octanol–water partition coefficient (Wildman–Crippen LogP) is 1.33. The van der Waals surface area contributed by atoms with Gasteiger partial charge in [0.15, 0.2) is 17.2 Å². The van der Waals surface area contributed by atoms with Crippen LogP contribution in [0.5, 0.6) is 5.88 Å². The van der Waals surface area contributed by atoms with Crippen molar-refractivity contribution in [1.29, 1.82) is 0 Å². The van der Waals surface area contributed by atoms with Crippen molar-refractivity contribution in [3.63, 3.8) is 0 Å². The lowest BCUT2D eigenvalue weighted by Crippen LogP contribution is -2.24. The minimum Gasteiger partial charge on any atom is -0.477 e. The van der Waals surface area contributed by atoms with Crippen LogP contribution in [0, 0.1) is 0 Å². The molecule has 9 nitrogen and oxygen atoms in total. The molecule has 0 radical (unpaired) electrons. The largest absolute Gasteiger partial charge is 0.477 e. The molecule has 0 atom stereocenters. The molecule has 0 unspecified atom stereocenters. The Morgan fingerprint density at radius 2 is 2.12 bits per heavy atom. The van der Waals surface area contributed by atoms with Crippen molar-refractivity contribution < 1.29 is 9.53 Å². The summed E-state index contributed by atoms with van der Waals surface area (Å²) in [5.41, 5.74) is 1.73. The van der Waals surface area contributed by atoms with Crippen molar-refractivity contribution in [3.8, 4) is 5.88 Å². The lowest BCUT2D eigenvalue weighted by atomic mass is 10.2. The number of nitrogens with zero attached hydrogens (tertiary/aromatic N) is 5. The molecule has 126 valence electrons. The van der Waals surface area contributed by atoms with E-state index in [1.54, 1.807) is 16.6 Å². The Balaban J connectivity index is 1.55. The van der Waals surface area contributed by atoms with E-state index in [0.717, 1.165) is 10.9 Å². The first-order valence-corrected chi connectivity index (χ1v) is 7.81. The number of aromatic nitrogens is 6. The Hall–Kier alpha value is -3.49. The third-order valence-electron chi connectivity index (χ3n) is 3.69. The number of amides is 1. The zero-order valence-corrected chi connectivity index (χ0v) is 13.4. The standard InChI is InChI=1S/C16H15N7O2/c1-2-25-14-8-7-12-19-20-13(23(12)22-14)9-17-16(24)15-10-5-3-4-6-11(10)18-21-15/h3-8H,2,9H2,1H3,(H,17,24)(H,18,21). The van der Waals surface area contributed by atoms with Gasteiger partial charge in [0.2, 0.25) is 5.88 Å². The normalized spacial score (nSPS) is 11.1. The highest BCUT2D eigenvalue weighted by molar-refractivity contribution is 6.04. The number of rotatable bonds is 5. The molecule has 9 heteroatoms. The molecule has 0 bridgehead atoms. The number of hydrogen-bond donors (Lipinski definition) is 2. The van der Waals surface area contributed by atoms with Crippen molar-refractivity contribution in [3.05, 3.63) is 47.9 Å². The third-order valence-corrected chi connectivity index (χ3v) is 3.69. The van der Waals surface area contributed by atoms with Crippen molar-refractivity contribution in [1.82, 2.24) is 35.3 Å². The molecule has 1 aromatic carbocycles. The summed E-state index contributed by atoms with van der Waals surface area (Å²) >= 11 is 0. The zero-order valence-electron chi connectivity index (χ0n) is 13.4. The van der Waals surface area contributed by atoms with E-state index in [4.69, 9.17) is 4.74 Å². The van der Waals surface area contributed by atoms with Crippen molar-refractivity contribution in [2.45, 2.75) is 13.5 Å². The number of H-pyrrole nitrogens is 1. The van der Waals surface area contributed by atoms with Crippen LogP contribution in [0.1, 0.15) is 23.2 Å². The van der Waals surface area contributed by atoms with E-state index in [1.165, 1.54) is 0 Å². The van der Waals surface area contributed by atoms with Gasteiger partial charge in [-0.05, 0) is 19.1 Å². The molecule has 2 N–H and O–H groups in total. The Morgan fingerprint density at radius 3 is 3.00 bits per heavy atom. The second-order valence-electron chi connectivity index (χ2n) is 5.29. The van der Waals surface area contributed by atoms with Crippen LogP contribution in [0.25, 0.3) is 16.6 Å². The maximum atomic E-state index is 12.4. The highest BCUT2D eigenvalue weighted by Gasteiger charge is 2.15. The Labute approximate surface area is 142 Å². The smallest absolute Gasteiger partial charge is 0.272 e. The van der Waals surface area contributed by atoms with Gasteiger partial charge in [0.25, 0.3) is 5.91 Å². The lowest BCUT2D eigenvalue weighted by Gasteiger charge is -2.04. The highest BCUT2D eigenvalue weighted by atomic mass is 16.5. The van der Waals surface area contributed by atoms with Crippen LogP contribution >= 0.6 is 0 Å². The zero-order chi connectivity index (χ0) is 17.2. The van der Waals surface area contributed by atoms with Crippen LogP contribution in [0.15, 0.2) is 36.4 Å². The molecule has 0 saturated carbocycles. The number of benzene rings is 1. The second kappa shape index (κ2) is 6.19. The van der Waals surface area contributed by atoms with E-state index in [-0.39, 0.29) is 12.5 Å². The molecule has 25 heavy (non-hydrogen) atoms. The molecule has 0 aliphatic heterocycles. The van der Waals surface area contributed by atoms with Gasteiger partial charge < -0.3 is 10.1 Å². The lowest BCUT2D eigenvalue weighted by molar-refractivity contribution is 0.0946. The fourth-order valence-electron chi connectivity index (χ4n) is 2.53. The summed E-state index contributed by atoms with van der Waals surface area (Å²) in [5.74, 6) is 0.681. The molecule has 0 fully saturated rings. The van der Waals surface area contributed by atoms with E-state index in [9.17, 15) is 4.79 Å². The number of nitrogens with one attached hydrogen (secondary N) is 2. The molecule has 3 heterocycles. The van der Waals surface area contributed by atoms with Gasteiger partial charge in [0.1, 0.15) is 0 Å². The molecular weight excluding hydrogens is 322 g/mol. The van der Waals surface area contributed by atoms with Gasteiger partial charge in [-0.3, -0.25) is 9.89 Å². The molecule has 1 amide bonds. The summed E-state index contributed by atoms with van der Waals surface area (Å²) in [4.78, 5) is 12.4. The molecule has 3 aromatic heterocycles. The average Bonchev–Trinajstić information content (AvgIpc) is 3.24. The molecule has 0 aliphatic rings. The fourth-order valence-corrected chi connectivity index (χ4v) is 2.53. The topological polar surface area (TPSA) is 110 Å². The average molecular weight is 337 g/mol. The van der Waals surface area contributed by atoms with E-state index in [0.29, 0.717) is 29.7 Å². The van der Waals surface area contributed by atoms with Crippen LogP contribution in [-0.2, 0) is 6.54 Å². The fraction of sp³-hybridized carbons (Fsp3) is 0.188. The van der Waals surface area contributed by atoms with Gasteiger partial charge in [-0.15, -0.1) is 15.3 Å². The molecule has 0 aliphatic carbocycles. The van der Waals surface area contributed by atoms with Crippen molar-refractivity contribution >= 4 is 22.5 Å². The van der Waals surface area contributed by atoms with E-state index in [2.05, 4.69) is 30.8 Å². The molecular formula is C16H15N7O2. The number of fused-ring (bicyclic) bond motifs is 2. The first-order valence-electron chi connectivity index (χ1n) is 7.81. The van der Waals surface area contributed by atoms with Crippen molar-refractivity contribution in [2.24, 2.45) is 0 Å². The predicted molar refractivity (Wildman–Crippen MR) is 89.2 cm³/mol. The SMILES string of the molecule is CCOc1ccc2nnc(CNC(=O)c3n[nH]c4ccccc34)n2n1. The van der Waals surface area contributed by atoms with Crippen LogP contribution in [0.3, 0.4) is 0 Å². The minimum absolute atomic E-state index is 0.170. The number of ether oxygens (including phenoxy) is 1. The molecule has 0 spiro atoms. The summed E-state index contributed by atoms with van der Waals surface area (Å²) in [6.07, 6.45) is 0. The first kappa shape index (κ1) is 15.1. The number of para-hydroxylation sites is 1. The monoisotopic (exact) mass is 337 g/mol. The summed E-state index contributed by atoms with van der Waals surface area (Å²) in [6.45, 7) is 2.57. The van der Waals surface area contributed by atoms with Crippen LogP contribution in [0.2, 0.25) is 0 Å². The summed E-state index contributed by atoms with van der Waals surface area (Å²) in [5, 5.41) is 22.9. The van der Waals surface area contributed by atoms with Gasteiger partial charge >= 0.3 is 0 Å². The number of carbonyl (C=O) groups excluding carboxylic acids is 1. The number of hydrogen-bond acceptors (Lipinski definition) is 6. The van der Waals surface area contributed by atoms with Gasteiger partial charge in [-0.2, -0.15) is 9.61 Å². The molecule has 0 saturated heterocycles. The Kier molecular flexibility index (Phi) is 3.73. The summed E-state index contributed by atoms with van der Waals surface area (Å²) in [6, 6.07) is 10.9. The highest BCUT2D eigenvalue weighted by Crippen LogP contribution is 2.15. The second-order valence-corrected chi connectivity index (χ2v) is 5.29. The van der Waals surface area contributed by atoms with Gasteiger partial charge in [-0.25, -0.2) is 0 Å². The summed E-state index contributed by atoms with van der Waals surface area (Å²) in [7, 11) is 0. The van der Waals surface area contributed by atoms with Crippen LogP contribution in [-0.4, -0.2) is 42.5 Å². The van der Waals surface area contributed by atoms with Gasteiger partial charge in [-0.1, -0.05) is 18.2 Å². The minimum atomic E-state index is -0.296. The first-order chi connectivity index (χ1) is 12.3. The van der Waals surface area contributed by atoms with E-state index in [1.807, 2.05) is 31.2 Å². The van der Waals surface area contributed by atoms with Gasteiger partial charge in [0.05, 0.1) is 18.7 Å². The molecule has 4 rings (SSSR count). The quantitative estimate of drug-likeness (QED) is 0.568. The molecule has 4 aromatic rings. The Bertz CT molecular complexity index is 1050. The number of aromatic amines is 1.